The lowest BCUT2D eigenvalue weighted by Crippen LogP contribution is -2.09. The Balaban J connectivity index is 2.78. The zero-order chi connectivity index (χ0) is 12.1. The van der Waals surface area contributed by atoms with Crippen LogP contribution in [0, 0.1) is 0 Å². The minimum absolute atomic E-state index is 0.559. The second-order valence-corrected chi connectivity index (χ2v) is 4.21. The van der Waals surface area contributed by atoms with Gasteiger partial charge in [0.25, 0.3) is 0 Å². The van der Waals surface area contributed by atoms with E-state index in [9.17, 15) is 0 Å². The summed E-state index contributed by atoms with van der Waals surface area (Å²) in [4.78, 5) is 2.02. The largest absolute Gasteiger partial charge is 0.487 e. The highest BCUT2D eigenvalue weighted by atomic mass is 16.5. The molecular weight excluding hydrogens is 200 g/mol. The predicted molar refractivity (Wildman–Crippen MR) is 70.1 cm³/mol. The number of ether oxygens (including phenoxy) is 1. The molecule has 0 saturated heterocycles. The van der Waals surface area contributed by atoms with E-state index in [1.807, 2.05) is 57.1 Å². The molecule has 1 rings (SSSR count). The van der Waals surface area contributed by atoms with Crippen LogP contribution in [0.2, 0.25) is 0 Å². The third-order valence-corrected chi connectivity index (χ3v) is 2.24. The van der Waals surface area contributed by atoms with Crippen LogP contribution in [0.4, 0.5) is 11.4 Å². The molecule has 0 fully saturated rings. The van der Waals surface area contributed by atoms with Gasteiger partial charge in [-0.3, -0.25) is 0 Å². The minimum atomic E-state index is 0.559. The molecule has 1 aromatic carbocycles. The minimum Gasteiger partial charge on any atom is -0.487 e. The van der Waals surface area contributed by atoms with Crippen molar-refractivity contribution in [2.75, 3.05) is 31.3 Å². The molecule has 0 radical (unpaired) electrons. The van der Waals surface area contributed by atoms with Gasteiger partial charge < -0.3 is 15.4 Å². The van der Waals surface area contributed by atoms with Crippen LogP contribution in [0.1, 0.15) is 13.8 Å². The topological polar surface area (TPSA) is 38.5 Å². The van der Waals surface area contributed by atoms with E-state index >= 15 is 0 Å². The number of nitrogens with two attached hydrogens (primary N) is 1. The van der Waals surface area contributed by atoms with E-state index in [2.05, 4.69) is 0 Å². The Hall–Kier alpha value is -1.64. The summed E-state index contributed by atoms with van der Waals surface area (Å²) in [7, 11) is 3.98. The van der Waals surface area contributed by atoms with Crippen molar-refractivity contribution in [1.82, 2.24) is 0 Å². The van der Waals surface area contributed by atoms with Gasteiger partial charge in [-0.05, 0) is 32.1 Å². The van der Waals surface area contributed by atoms with Crippen LogP contribution >= 0.6 is 0 Å². The molecule has 0 bridgehead atoms. The van der Waals surface area contributed by atoms with Crippen LogP contribution in [0.15, 0.2) is 29.8 Å². The van der Waals surface area contributed by atoms with Crippen LogP contribution in [0.3, 0.4) is 0 Å². The van der Waals surface area contributed by atoms with Crippen LogP contribution < -0.4 is 15.4 Å². The smallest absolute Gasteiger partial charge is 0.144 e. The van der Waals surface area contributed by atoms with E-state index in [0.717, 1.165) is 11.4 Å². The fourth-order valence-electron chi connectivity index (χ4n) is 1.22. The first kappa shape index (κ1) is 12.4. The third kappa shape index (κ3) is 3.50. The molecule has 0 aliphatic rings. The molecule has 2 N–H and O–H groups in total. The average Bonchev–Trinajstić information content (AvgIpc) is 2.20. The number of benzene rings is 1. The summed E-state index contributed by atoms with van der Waals surface area (Å²) >= 11 is 0. The zero-order valence-electron chi connectivity index (χ0n) is 10.4. The maximum atomic E-state index is 5.84. The van der Waals surface area contributed by atoms with Gasteiger partial charge in [0.2, 0.25) is 0 Å². The van der Waals surface area contributed by atoms with E-state index in [1.54, 1.807) is 0 Å². The Kier molecular flexibility index (Phi) is 4.23. The molecule has 0 saturated carbocycles. The van der Waals surface area contributed by atoms with Crippen molar-refractivity contribution in [2.24, 2.45) is 0 Å². The maximum absolute atomic E-state index is 5.84. The van der Waals surface area contributed by atoms with E-state index in [4.69, 9.17) is 10.5 Å². The van der Waals surface area contributed by atoms with Crippen LogP contribution in [-0.4, -0.2) is 20.7 Å². The van der Waals surface area contributed by atoms with E-state index in [1.165, 1.54) is 5.57 Å². The first-order valence-electron chi connectivity index (χ1n) is 5.33. The summed E-state index contributed by atoms with van der Waals surface area (Å²) in [5.74, 6) is 0.740. The molecule has 0 spiro atoms. The van der Waals surface area contributed by atoms with Gasteiger partial charge in [-0.25, -0.2) is 0 Å². The normalized spacial score (nSPS) is 9.75. The Morgan fingerprint density at radius 3 is 2.62 bits per heavy atom. The predicted octanol–water partition coefficient (Wildman–Crippen LogP) is 2.68. The standard InChI is InChI=1S/C13H20N2O/c1-10(2)7-8-16-13-9-11(15(3)4)5-6-12(13)14/h5-7,9H,8,14H2,1-4H3. The van der Waals surface area contributed by atoms with Crippen LogP contribution in [0.5, 0.6) is 5.75 Å². The Labute approximate surface area is 97.5 Å². The molecule has 1 aromatic rings. The number of anilines is 2. The Morgan fingerprint density at radius 1 is 1.38 bits per heavy atom. The fourth-order valence-corrected chi connectivity index (χ4v) is 1.22. The number of hydrogen-bond donors (Lipinski definition) is 1. The van der Waals surface area contributed by atoms with Crippen molar-refractivity contribution in [1.29, 1.82) is 0 Å². The molecule has 0 unspecified atom stereocenters. The first-order valence-corrected chi connectivity index (χ1v) is 5.33. The Morgan fingerprint density at radius 2 is 2.06 bits per heavy atom. The van der Waals surface area contributed by atoms with Gasteiger partial charge in [0.05, 0.1) is 5.69 Å². The molecule has 3 nitrogen and oxygen atoms in total. The molecule has 16 heavy (non-hydrogen) atoms. The lowest BCUT2D eigenvalue weighted by atomic mass is 10.2. The number of nitrogens with zero attached hydrogens (tertiary/aromatic N) is 1. The van der Waals surface area contributed by atoms with E-state index < -0.39 is 0 Å². The number of hydrogen-bond acceptors (Lipinski definition) is 3. The van der Waals surface area contributed by atoms with Crippen molar-refractivity contribution < 1.29 is 4.74 Å². The summed E-state index contributed by atoms with van der Waals surface area (Å²) in [5.41, 5.74) is 8.84. The maximum Gasteiger partial charge on any atom is 0.144 e. The first-order chi connectivity index (χ1) is 7.50. The van der Waals surface area contributed by atoms with Gasteiger partial charge in [0, 0.05) is 25.8 Å². The monoisotopic (exact) mass is 220 g/mol. The highest BCUT2D eigenvalue weighted by Gasteiger charge is 2.02. The lowest BCUT2D eigenvalue weighted by molar-refractivity contribution is 0.364. The van der Waals surface area contributed by atoms with E-state index in [0.29, 0.717) is 12.3 Å². The summed E-state index contributed by atoms with van der Waals surface area (Å²) < 4.78 is 5.61. The van der Waals surface area contributed by atoms with Crippen molar-refractivity contribution in [3.63, 3.8) is 0 Å². The molecule has 0 heterocycles. The van der Waals surface area contributed by atoms with Crippen LogP contribution in [-0.2, 0) is 0 Å². The van der Waals surface area contributed by atoms with E-state index in [-0.39, 0.29) is 0 Å². The molecule has 0 amide bonds. The van der Waals surface area contributed by atoms with Crippen molar-refractivity contribution in [3.8, 4) is 5.75 Å². The van der Waals surface area contributed by atoms with Crippen molar-refractivity contribution >= 4 is 11.4 Å². The molecule has 0 aromatic heterocycles. The second kappa shape index (κ2) is 5.45. The van der Waals surface area contributed by atoms with Crippen LogP contribution in [0.25, 0.3) is 0 Å². The molecule has 0 aliphatic carbocycles. The number of nitrogen functional groups attached to an aromatic ring is 1. The highest BCUT2D eigenvalue weighted by Crippen LogP contribution is 2.26. The SMILES string of the molecule is CC(C)=CCOc1cc(N(C)C)ccc1N. The summed E-state index contributed by atoms with van der Waals surface area (Å²) in [5, 5.41) is 0. The molecule has 0 atom stereocenters. The van der Waals surface area contributed by atoms with Gasteiger partial charge in [0.15, 0.2) is 0 Å². The molecule has 88 valence electrons. The van der Waals surface area contributed by atoms with Gasteiger partial charge in [-0.15, -0.1) is 0 Å². The number of rotatable bonds is 4. The zero-order valence-corrected chi connectivity index (χ0v) is 10.4. The van der Waals surface area contributed by atoms with Crippen molar-refractivity contribution in [2.45, 2.75) is 13.8 Å². The van der Waals surface area contributed by atoms with Crippen molar-refractivity contribution in [3.05, 3.63) is 29.8 Å². The van der Waals surface area contributed by atoms with Gasteiger partial charge in [-0.2, -0.15) is 0 Å². The lowest BCUT2D eigenvalue weighted by Gasteiger charge is -2.15. The summed E-state index contributed by atoms with van der Waals surface area (Å²) in [6.45, 7) is 4.65. The second-order valence-electron chi connectivity index (χ2n) is 4.21. The molecule has 0 aliphatic heterocycles. The summed E-state index contributed by atoms with van der Waals surface area (Å²) in [6.07, 6.45) is 2.03. The Bertz CT molecular complexity index is 380. The van der Waals surface area contributed by atoms with Gasteiger partial charge in [-0.1, -0.05) is 5.57 Å². The average molecular weight is 220 g/mol. The highest BCUT2D eigenvalue weighted by molar-refractivity contribution is 5.61. The van der Waals surface area contributed by atoms with Gasteiger partial charge >= 0.3 is 0 Å². The quantitative estimate of drug-likeness (QED) is 0.626. The number of allylic oxidation sites excluding steroid dienone is 1. The third-order valence-electron chi connectivity index (χ3n) is 2.24. The molecule has 3 heteroatoms. The fraction of sp³-hybridized carbons (Fsp3) is 0.385. The van der Waals surface area contributed by atoms with Gasteiger partial charge in [0.1, 0.15) is 12.4 Å². The molecular formula is C13H20N2O. The summed E-state index contributed by atoms with van der Waals surface area (Å²) in [6, 6.07) is 5.80.